The molecule has 0 aromatic heterocycles. The zero-order chi connectivity index (χ0) is 15.1. The van der Waals surface area contributed by atoms with Gasteiger partial charge < -0.3 is 10.6 Å². The Bertz CT molecular complexity index is 612. The molecule has 2 aliphatic rings. The fourth-order valence-electron chi connectivity index (χ4n) is 2.07. The van der Waals surface area contributed by atoms with Crippen molar-refractivity contribution in [1.29, 1.82) is 0 Å². The zero-order valence-electron chi connectivity index (χ0n) is 10.4. The molecule has 20 heavy (non-hydrogen) atoms. The Labute approximate surface area is 114 Å². The van der Waals surface area contributed by atoms with Gasteiger partial charge in [0, 0.05) is 0 Å². The van der Waals surface area contributed by atoms with E-state index >= 15 is 0 Å². The number of hydrogen-bond acceptors (Lipinski definition) is 5. The maximum absolute atomic E-state index is 12.0. The van der Waals surface area contributed by atoms with Gasteiger partial charge in [-0.3, -0.25) is 9.59 Å². The number of hydrogen-bond donors (Lipinski definition) is 4. The number of carbonyl (C=O) groups is 3. The van der Waals surface area contributed by atoms with Crippen LogP contribution >= 0.6 is 0 Å². The van der Waals surface area contributed by atoms with Crippen molar-refractivity contribution in [3.05, 3.63) is 11.6 Å². The van der Waals surface area contributed by atoms with Crippen molar-refractivity contribution in [3.63, 3.8) is 0 Å². The van der Waals surface area contributed by atoms with Gasteiger partial charge in [-0.1, -0.05) is 6.08 Å². The van der Waals surface area contributed by atoms with E-state index in [1.165, 1.54) is 6.08 Å². The molecule has 11 heteroatoms. The van der Waals surface area contributed by atoms with Crippen LogP contribution in [-0.2, 0) is 19.8 Å². The number of carbonyl (C=O) groups excluding carboxylic acids is 3. The molecule has 0 aromatic rings. The van der Waals surface area contributed by atoms with Gasteiger partial charge in [-0.15, -0.1) is 0 Å². The van der Waals surface area contributed by atoms with Crippen molar-refractivity contribution in [2.45, 2.75) is 19.0 Å². The minimum Gasteiger partial charge on any atom is -0.340 e. The normalized spacial score (nSPS) is 25.3. The molecule has 4 amide bonds. The van der Waals surface area contributed by atoms with Gasteiger partial charge in [0.1, 0.15) is 12.1 Å². The van der Waals surface area contributed by atoms with Crippen molar-refractivity contribution < 1.29 is 22.8 Å². The lowest BCUT2D eigenvalue weighted by atomic mass is 9.99. The van der Waals surface area contributed by atoms with Crippen LogP contribution in [0.2, 0.25) is 0 Å². The molecule has 1 saturated heterocycles. The predicted molar refractivity (Wildman–Crippen MR) is 66.0 cm³/mol. The van der Waals surface area contributed by atoms with E-state index < -0.39 is 46.8 Å². The maximum atomic E-state index is 12.0. The van der Waals surface area contributed by atoms with Crippen molar-refractivity contribution in [3.8, 4) is 0 Å². The summed E-state index contributed by atoms with van der Waals surface area (Å²) < 4.78 is 23.2. The second-order valence-corrected chi connectivity index (χ2v) is 5.73. The van der Waals surface area contributed by atoms with Crippen molar-refractivity contribution in [1.82, 2.24) is 20.3 Å². The van der Waals surface area contributed by atoms with Gasteiger partial charge in [0.15, 0.2) is 0 Å². The van der Waals surface area contributed by atoms with Crippen LogP contribution in [0.3, 0.4) is 0 Å². The number of nitrogens with zero attached hydrogens (tertiary/aromatic N) is 1. The molecule has 110 valence electrons. The minimum atomic E-state index is -3.94. The highest BCUT2D eigenvalue weighted by atomic mass is 32.2. The summed E-state index contributed by atoms with van der Waals surface area (Å²) in [5, 5.41) is 9.35. The first kappa shape index (κ1) is 14.4. The molecule has 2 unspecified atom stereocenters. The standard InChI is InChI=1S/C9H13N5O5S/c1-4-2-5-8(16)14(9(17)13-5)6(4)7(15)11-3-12-20(10,18)19/h2,5-6,12H,3H2,1H3,(H,11,15)(H,13,17)(H2,10,18,19). The number of imide groups is 1. The molecule has 5 N–H and O–H groups in total. The van der Waals surface area contributed by atoms with Gasteiger partial charge in [-0.25, -0.2) is 14.8 Å². The predicted octanol–water partition coefficient (Wildman–Crippen LogP) is -2.90. The van der Waals surface area contributed by atoms with Crippen LogP contribution in [0.4, 0.5) is 4.79 Å². The summed E-state index contributed by atoms with van der Waals surface area (Å²) in [7, 11) is -3.94. The highest BCUT2D eigenvalue weighted by Gasteiger charge is 2.48. The molecule has 0 saturated carbocycles. The number of nitrogens with two attached hydrogens (primary N) is 1. The van der Waals surface area contributed by atoms with E-state index in [9.17, 15) is 22.8 Å². The summed E-state index contributed by atoms with van der Waals surface area (Å²) >= 11 is 0. The topological polar surface area (TPSA) is 151 Å². The third kappa shape index (κ3) is 2.64. The van der Waals surface area contributed by atoms with E-state index in [2.05, 4.69) is 10.6 Å². The average Bonchev–Trinajstić information content (AvgIpc) is 2.49. The molecule has 2 bridgehead atoms. The molecule has 10 nitrogen and oxygen atoms in total. The summed E-state index contributed by atoms with van der Waals surface area (Å²) in [6.07, 6.45) is 1.49. The number of urea groups is 1. The summed E-state index contributed by atoms with van der Waals surface area (Å²) in [6, 6.07) is -2.50. The van der Waals surface area contributed by atoms with E-state index in [-0.39, 0.29) is 0 Å². The quantitative estimate of drug-likeness (QED) is 0.249. The average molecular weight is 303 g/mol. The van der Waals surface area contributed by atoms with E-state index in [4.69, 9.17) is 5.14 Å². The molecule has 0 aliphatic carbocycles. The maximum Gasteiger partial charge on any atom is 0.326 e. The van der Waals surface area contributed by atoms with Crippen LogP contribution < -0.4 is 20.5 Å². The highest BCUT2D eigenvalue weighted by Crippen LogP contribution is 2.24. The van der Waals surface area contributed by atoms with Gasteiger partial charge in [-0.2, -0.15) is 13.1 Å². The Morgan fingerprint density at radius 3 is 2.75 bits per heavy atom. The van der Waals surface area contributed by atoms with E-state index in [1.807, 2.05) is 4.72 Å². The lowest BCUT2D eigenvalue weighted by Crippen LogP contribution is -2.54. The number of amides is 4. The number of nitrogens with one attached hydrogen (secondary N) is 3. The molecule has 0 spiro atoms. The van der Waals surface area contributed by atoms with Crippen LogP contribution in [0, 0.1) is 0 Å². The second-order valence-electron chi connectivity index (χ2n) is 4.36. The fourth-order valence-corrected chi connectivity index (χ4v) is 2.35. The molecule has 2 atom stereocenters. The molecule has 2 rings (SSSR count). The fraction of sp³-hybridized carbons (Fsp3) is 0.444. The Balaban J connectivity index is 2.09. The Kier molecular flexibility index (Phi) is 3.50. The van der Waals surface area contributed by atoms with E-state index in [1.54, 1.807) is 6.92 Å². The number of rotatable bonds is 4. The van der Waals surface area contributed by atoms with Gasteiger partial charge in [0.25, 0.3) is 16.1 Å². The first-order chi connectivity index (χ1) is 9.20. The van der Waals surface area contributed by atoms with E-state index in [0.717, 1.165) is 4.90 Å². The van der Waals surface area contributed by atoms with Crippen LogP contribution in [0.25, 0.3) is 0 Å². The summed E-state index contributed by atoms with van der Waals surface area (Å²) in [5.74, 6) is -1.20. The van der Waals surface area contributed by atoms with Crippen LogP contribution in [0.15, 0.2) is 11.6 Å². The van der Waals surface area contributed by atoms with E-state index in [0.29, 0.717) is 5.57 Å². The first-order valence-electron chi connectivity index (χ1n) is 5.57. The SMILES string of the molecule is CC1=CC2NC(=O)N(C2=O)C1C(=O)NCNS(N)(=O)=O. The number of fused-ring (bicyclic) bond motifs is 2. The van der Waals surface area contributed by atoms with Gasteiger partial charge in [0.05, 0.1) is 6.67 Å². The summed E-state index contributed by atoms with van der Waals surface area (Å²) in [4.78, 5) is 36.2. The lowest BCUT2D eigenvalue weighted by Gasteiger charge is -2.27. The van der Waals surface area contributed by atoms with Crippen molar-refractivity contribution in [2.24, 2.45) is 5.14 Å². The molecule has 1 fully saturated rings. The first-order valence-corrected chi connectivity index (χ1v) is 7.12. The molecule has 2 aliphatic heterocycles. The van der Waals surface area contributed by atoms with Gasteiger partial charge >= 0.3 is 6.03 Å². The van der Waals surface area contributed by atoms with Gasteiger partial charge in [0.2, 0.25) is 5.91 Å². The Morgan fingerprint density at radius 1 is 1.50 bits per heavy atom. The third-order valence-electron chi connectivity index (χ3n) is 2.90. The minimum absolute atomic E-state index is 0.436. The van der Waals surface area contributed by atoms with Crippen LogP contribution in [-0.4, -0.2) is 49.9 Å². The summed E-state index contributed by atoms with van der Waals surface area (Å²) in [5.41, 5.74) is 0.515. The molecular formula is C9H13N5O5S. The second kappa shape index (κ2) is 4.85. The monoisotopic (exact) mass is 303 g/mol. The van der Waals surface area contributed by atoms with Crippen LogP contribution in [0.5, 0.6) is 0 Å². The Morgan fingerprint density at radius 2 is 2.15 bits per heavy atom. The Hall–Kier alpha value is -1.98. The smallest absolute Gasteiger partial charge is 0.326 e. The molecular weight excluding hydrogens is 290 g/mol. The molecule has 2 heterocycles. The van der Waals surface area contributed by atoms with Gasteiger partial charge in [-0.05, 0) is 12.5 Å². The third-order valence-corrected chi connectivity index (χ3v) is 3.45. The summed E-state index contributed by atoms with van der Waals surface area (Å²) in [6.45, 7) is 1.17. The zero-order valence-corrected chi connectivity index (χ0v) is 11.2. The largest absolute Gasteiger partial charge is 0.340 e. The lowest BCUT2D eigenvalue weighted by molar-refractivity contribution is -0.135. The van der Waals surface area contributed by atoms with Crippen molar-refractivity contribution in [2.75, 3.05) is 6.67 Å². The molecule has 0 aromatic carbocycles. The van der Waals surface area contributed by atoms with Crippen LogP contribution in [0.1, 0.15) is 6.92 Å². The highest BCUT2D eigenvalue weighted by molar-refractivity contribution is 7.87. The molecule has 0 radical (unpaired) electrons. The van der Waals surface area contributed by atoms with Crippen molar-refractivity contribution >= 4 is 28.1 Å².